The van der Waals surface area contributed by atoms with Crippen LogP contribution in [0.3, 0.4) is 0 Å². The van der Waals surface area contributed by atoms with E-state index >= 15 is 0 Å². The van der Waals surface area contributed by atoms with E-state index in [1.165, 1.54) is 6.42 Å². The molecule has 0 aromatic carbocycles. The number of rotatable bonds is 1. The van der Waals surface area contributed by atoms with E-state index in [1.807, 2.05) is 6.92 Å². The van der Waals surface area contributed by atoms with Crippen LogP contribution in [0.25, 0.3) is 0 Å². The number of nitrogens with one attached hydrogen (secondary N) is 1. The maximum atomic E-state index is 5.54. The Morgan fingerprint density at radius 3 is 2.43 bits per heavy atom. The van der Waals surface area contributed by atoms with Crippen LogP contribution in [0.4, 0.5) is 0 Å². The van der Waals surface area contributed by atoms with Crippen molar-refractivity contribution >= 4 is 0 Å². The predicted octanol–water partition coefficient (Wildman–Crippen LogP) is -0.305. The van der Waals surface area contributed by atoms with Crippen molar-refractivity contribution in [2.75, 3.05) is 6.54 Å². The Labute approximate surface area is 44.1 Å². The minimum absolute atomic E-state index is 0.341. The highest BCUT2D eigenvalue weighted by molar-refractivity contribution is 4.83. The van der Waals surface area contributed by atoms with Gasteiger partial charge >= 0.3 is 0 Å². The topological polar surface area (TPSA) is 38.0 Å². The molecule has 0 unspecified atom stereocenters. The fourth-order valence-corrected chi connectivity index (χ4v) is 0.760. The molecule has 2 atom stereocenters. The molecule has 2 nitrogen and oxygen atoms in total. The minimum atomic E-state index is 0.341. The quantitative estimate of drug-likeness (QED) is 0.474. The van der Waals surface area contributed by atoms with Gasteiger partial charge in [-0.15, -0.1) is 0 Å². The molecule has 0 saturated carbocycles. The largest absolute Gasteiger partial charge is 0.327 e. The Kier molecular flexibility index (Phi) is 1.30. The van der Waals surface area contributed by atoms with Gasteiger partial charge in [-0.25, -0.2) is 0 Å². The van der Waals surface area contributed by atoms with Crippen molar-refractivity contribution in [1.82, 2.24) is 5.32 Å². The van der Waals surface area contributed by atoms with Crippen molar-refractivity contribution in [2.45, 2.75) is 25.4 Å². The Morgan fingerprint density at radius 2 is 2.43 bits per heavy atom. The van der Waals surface area contributed by atoms with Gasteiger partial charge in [0, 0.05) is 12.1 Å². The number of hydrogen-bond donors (Lipinski definition) is 2. The van der Waals surface area contributed by atoms with E-state index in [0.29, 0.717) is 12.1 Å². The summed E-state index contributed by atoms with van der Waals surface area (Å²) in [6.45, 7) is 3.20. The summed E-state index contributed by atoms with van der Waals surface area (Å²) in [4.78, 5) is 0. The molecule has 1 aliphatic rings. The van der Waals surface area contributed by atoms with Gasteiger partial charge in [-0.1, -0.05) is 0 Å². The highest BCUT2D eigenvalue weighted by Gasteiger charge is 2.19. The third kappa shape index (κ3) is 0.924. The Morgan fingerprint density at radius 1 is 1.86 bits per heavy atom. The van der Waals surface area contributed by atoms with Crippen molar-refractivity contribution in [2.24, 2.45) is 5.73 Å². The molecule has 1 fully saturated rings. The third-order valence-corrected chi connectivity index (χ3v) is 1.50. The van der Waals surface area contributed by atoms with Crippen LogP contribution < -0.4 is 11.1 Å². The van der Waals surface area contributed by atoms with Crippen LogP contribution in [0, 0.1) is 0 Å². The predicted molar refractivity (Wildman–Crippen MR) is 30.1 cm³/mol. The molecule has 1 rings (SSSR count). The SMILES string of the molecule is C[C@H](N)[C@H]1CCN1. The van der Waals surface area contributed by atoms with Crippen molar-refractivity contribution in [3.63, 3.8) is 0 Å². The van der Waals surface area contributed by atoms with Crippen molar-refractivity contribution in [3.05, 3.63) is 0 Å². The van der Waals surface area contributed by atoms with E-state index in [2.05, 4.69) is 5.32 Å². The van der Waals surface area contributed by atoms with Gasteiger partial charge in [-0.2, -0.15) is 0 Å². The third-order valence-electron chi connectivity index (χ3n) is 1.50. The second-order valence-electron chi connectivity index (χ2n) is 2.21. The molecule has 0 radical (unpaired) electrons. The van der Waals surface area contributed by atoms with Gasteiger partial charge in [0.05, 0.1) is 0 Å². The lowest BCUT2D eigenvalue weighted by Crippen LogP contribution is -2.52. The summed E-state index contributed by atoms with van der Waals surface area (Å²) in [5.74, 6) is 0. The summed E-state index contributed by atoms with van der Waals surface area (Å²) in [6, 6.07) is 0.953. The van der Waals surface area contributed by atoms with Crippen LogP contribution >= 0.6 is 0 Å². The lowest BCUT2D eigenvalue weighted by Gasteiger charge is -2.30. The van der Waals surface area contributed by atoms with Gasteiger partial charge in [0.25, 0.3) is 0 Å². The summed E-state index contributed by atoms with van der Waals surface area (Å²) in [6.07, 6.45) is 1.26. The Balaban J connectivity index is 2.14. The molecule has 2 heteroatoms. The van der Waals surface area contributed by atoms with Gasteiger partial charge in [-0.05, 0) is 19.9 Å². The lowest BCUT2D eigenvalue weighted by atomic mass is 10.0. The molecule has 1 heterocycles. The lowest BCUT2D eigenvalue weighted by molar-refractivity contribution is 0.328. The van der Waals surface area contributed by atoms with E-state index in [1.54, 1.807) is 0 Å². The molecular formula is C5H12N2. The Bertz CT molecular complexity index is 57.1. The molecular weight excluding hydrogens is 88.1 g/mol. The van der Waals surface area contributed by atoms with E-state index in [0.717, 1.165) is 6.54 Å². The first kappa shape index (κ1) is 5.06. The molecule has 42 valence electrons. The highest BCUT2D eigenvalue weighted by atomic mass is 15.0. The van der Waals surface area contributed by atoms with E-state index < -0.39 is 0 Å². The van der Waals surface area contributed by atoms with Crippen LogP contribution in [0.15, 0.2) is 0 Å². The normalized spacial score (nSPS) is 34.3. The fourth-order valence-electron chi connectivity index (χ4n) is 0.760. The average molecular weight is 100 g/mol. The van der Waals surface area contributed by atoms with Crippen LogP contribution in [0.5, 0.6) is 0 Å². The molecule has 0 aromatic rings. The van der Waals surface area contributed by atoms with E-state index in [4.69, 9.17) is 5.73 Å². The van der Waals surface area contributed by atoms with Crippen LogP contribution in [0.2, 0.25) is 0 Å². The minimum Gasteiger partial charge on any atom is -0.327 e. The number of hydrogen-bond acceptors (Lipinski definition) is 2. The van der Waals surface area contributed by atoms with Gasteiger partial charge in [0.2, 0.25) is 0 Å². The van der Waals surface area contributed by atoms with Gasteiger partial charge < -0.3 is 11.1 Å². The standard InChI is InChI=1S/C5H12N2/c1-4(6)5-2-3-7-5/h4-5,7H,2-3,6H2,1H3/t4-,5+/m0/s1. The van der Waals surface area contributed by atoms with E-state index in [-0.39, 0.29) is 0 Å². The first-order valence-electron chi connectivity index (χ1n) is 2.79. The maximum Gasteiger partial charge on any atom is 0.0228 e. The summed E-state index contributed by atoms with van der Waals surface area (Å²) in [7, 11) is 0. The zero-order valence-corrected chi connectivity index (χ0v) is 4.65. The van der Waals surface area contributed by atoms with E-state index in [9.17, 15) is 0 Å². The molecule has 1 saturated heterocycles. The molecule has 0 aromatic heterocycles. The second-order valence-corrected chi connectivity index (χ2v) is 2.21. The van der Waals surface area contributed by atoms with Crippen LogP contribution in [-0.2, 0) is 0 Å². The molecule has 0 spiro atoms. The monoisotopic (exact) mass is 100 g/mol. The molecule has 7 heavy (non-hydrogen) atoms. The first-order chi connectivity index (χ1) is 3.30. The zero-order chi connectivity index (χ0) is 5.28. The van der Waals surface area contributed by atoms with Gasteiger partial charge in [0.15, 0.2) is 0 Å². The first-order valence-corrected chi connectivity index (χ1v) is 2.79. The maximum absolute atomic E-state index is 5.54. The summed E-state index contributed by atoms with van der Waals surface area (Å²) >= 11 is 0. The van der Waals surface area contributed by atoms with Crippen LogP contribution in [0.1, 0.15) is 13.3 Å². The summed E-state index contributed by atoms with van der Waals surface area (Å²) < 4.78 is 0. The molecule has 1 aliphatic heterocycles. The zero-order valence-electron chi connectivity index (χ0n) is 4.65. The smallest absolute Gasteiger partial charge is 0.0228 e. The van der Waals surface area contributed by atoms with Crippen molar-refractivity contribution in [1.29, 1.82) is 0 Å². The summed E-state index contributed by atoms with van der Waals surface area (Å²) in [5.41, 5.74) is 5.54. The van der Waals surface area contributed by atoms with Crippen molar-refractivity contribution in [3.8, 4) is 0 Å². The molecule has 0 aliphatic carbocycles. The number of nitrogens with two attached hydrogens (primary N) is 1. The van der Waals surface area contributed by atoms with Crippen molar-refractivity contribution < 1.29 is 0 Å². The average Bonchev–Trinajstić information content (AvgIpc) is 1.23. The van der Waals surface area contributed by atoms with Gasteiger partial charge in [0.1, 0.15) is 0 Å². The molecule has 3 N–H and O–H groups in total. The van der Waals surface area contributed by atoms with Gasteiger partial charge in [-0.3, -0.25) is 0 Å². The second kappa shape index (κ2) is 1.80. The van der Waals surface area contributed by atoms with Crippen LogP contribution in [-0.4, -0.2) is 18.6 Å². The fraction of sp³-hybridized carbons (Fsp3) is 1.00. The molecule has 0 bridgehead atoms. The summed E-state index contributed by atoms with van der Waals surface area (Å²) in [5, 5.41) is 3.22. The molecule has 0 amide bonds. The highest BCUT2D eigenvalue weighted by Crippen LogP contribution is 2.03. The Hall–Kier alpha value is -0.0800.